The van der Waals surface area contributed by atoms with Crippen molar-refractivity contribution < 1.29 is 14.3 Å². The maximum Gasteiger partial charge on any atom is 0.230 e. The monoisotopic (exact) mass is 381 g/mol. The van der Waals surface area contributed by atoms with Crippen LogP contribution < -0.4 is 10.1 Å². The van der Waals surface area contributed by atoms with Crippen LogP contribution in [0, 0.1) is 0 Å². The maximum atomic E-state index is 13.1. The second-order valence-electron chi connectivity index (χ2n) is 8.41. The van der Waals surface area contributed by atoms with E-state index >= 15 is 0 Å². The third kappa shape index (κ3) is 4.56. The Balaban J connectivity index is 1.62. The van der Waals surface area contributed by atoms with Crippen LogP contribution in [-0.2, 0) is 20.4 Å². The van der Waals surface area contributed by atoms with Crippen LogP contribution in [0.2, 0.25) is 0 Å². The predicted octanol–water partition coefficient (Wildman–Crippen LogP) is 4.23. The van der Waals surface area contributed by atoms with E-state index < -0.39 is 5.41 Å². The normalized spacial score (nSPS) is 16.4. The fraction of sp³-hybridized carbons (Fsp3) is 0.458. The molecule has 1 aliphatic heterocycles. The summed E-state index contributed by atoms with van der Waals surface area (Å²) in [5.74, 6) is 0.947. The van der Waals surface area contributed by atoms with Gasteiger partial charge in [0.05, 0.1) is 12.0 Å². The van der Waals surface area contributed by atoms with Gasteiger partial charge in [-0.15, -0.1) is 0 Å². The lowest BCUT2D eigenvalue weighted by Gasteiger charge is -2.36. The van der Waals surface area contributed by atoms with E-state index in [4.69, 9.17) is 9.47 Å². The quantitative estimate of drug-likeness (QED) is 0.762. The Morgan fingerprint density at radius 1 is 1.04 bits per heavy atom. The van der Waals surface area contributed by atoms with Crippen molar-refractivity contribution in [2.75, 3.05) is 26.4 Å². The van der Waals surface area contributed by atoms with E-state index in [2.05, 4.69) is 32.2 Å². The first-order valence-electron chi connectivity index (χ1n) is 10.1. The van der Waals surface area contributed by atoms with E-state index in [-0.39, 0.29) is 11.3 Å². The Bertz CT molecular complexity index is 774. The number of nitrogens with one attached hydrogen (secondary N) is 1. The fourth-order valence-electron chi connectivity index (χ4n) is 3.83. The van der Waals surface area contributed by atoms with Crippen LogP contribution in [0.5, 0.6) is 5.75 Å². The summed E-state index contributed by atoms with van der Waals surface area (Å²) < 4.78 is 11.5. The van der Waals surface area contributed by atoms with E-state index in [0.717, 1.165) is 11.3 Å². The Morgan fingerprint density at radius 2 is 1.68 bits per heavy atom. The largest absolute Gasteiger partial charge is 0.491 e. The highest BCUT2D eigenvalue weighted by atomic mass is 16.5. The fourth-order valence-corrected chi connectivity index (χ4v) is 3.83. The van der Waals surface area contributed by atoms with E-state index in [1.807, 2.05) is 48.5 Å². The third-order valence-electron chi connectivity index (χ3n) is 5.45. The molecule has 0 aliphatic carbocycles. The van der Waals surface area contributed by atoms with Crippen molar-refractivity contribution >= 4 is 5.91 Å². The SMILES string of the molecule is CC(C)(C)c1ccccc1OCCNC(=O)C1(c2ccccc2)CCOCC1. The minimum atomic E-state index is -0.511. The number of amides is 1. The van der Waals surface area contributed by atoms with Crippen LogP contribution >= 0.6 is 0 Å². The van der Waals surface area contributed by atoms with E-state index in [9.17, 15) is 4.79 Å². The van der Waals surface area contributed by atoms with E-state index in [1.54, 1.807) is 0 Å². The van der Waals surface area contributed by atoms with Gasteiger partial charge in [-0.3, -0.25) is 4.79 Å². The smallest absolute Gasteiger partial charge is 0.230 e. The number of ether oxygens (including phenoxy) is 2. The summed E-state index contributed by atoms with van der Waals surface area (Å²) >= 11 is 0. The minimum Gasteiger partial charge on any atom is -0.491 e. The van der Waals surface area contributed by atoms with Crippen LogP contribution in [0.1, 0.15) is 44.7 Å². The molecular formula is C24H31NO3. The predicted molar refractivity (Wildman–Crippen MR) is 112 cm³/mol. The molecule has 150 valence electrons. The van der Waals surface area contributed by atoms with Gasteiger partial charge in [-0.25, -0.2) is 0 Å². The van der Waals surface area contributed by atoms with Gasteiger partial charge in [-0.1, -0.05) is 69.3 Å². The van der Waals surface area contributed by atoms with Crippen molar-refractivity contribution in [3.63, 3.8) is 0 Å². The average Bonchev–Trinajstić information content (AvgIpc) is 2.72. The van der Waals surface area contributed by atoms with Crippen LogP contribution in [0.15, 0.2) is 54.6 Å². The topological polar surface area (TPSA) is 47.6 Å². The molecule has 2 aromatic rings. The van der Waals surface area contributed by atoms with Gasteiger partial charge in [0.1, 0.15) is 12.4 Å². The average molecular weight is 382 g/mol. The molecule has 0 bridgehead atoms. The molecule has 2 aromatic carbocycles. The van der Waals surface area contributed by atoms with E-state index in [0.29, 0.717) is 39.2 Å². The molecule has 1 N–H and O–H groups in total. The summed E-state index contributed by atoms with van der Waals surface area (Å²) in [6.45, 7) is 8.66. The van der Waals surface area contributed by atoms with Crippen LogP contribution in [0.25, 0.3) is 0 Å². The van der Waals surface area contributed by atoms with Gasteiger partial charge < -0.3 is 14.8 Å². The lowest BCUT2D eigenvalue weighted by molar-refractivity contribution is -0.130. The molecule has 1 fully saturated rings. The first kappa shape index (κ1) is 20.4. The Morgan fingerprint density at radius 3 is 2.36 bits per heavy atom. The van der Waals surface area contributed by atoms with Gasteiger partial charge in [0.25, 0.3) is 0 Å². The van der Waals surface area contributed by atoms with Crippen LogP contribution in [0.3, 0.4) is 0 Å². The minimum absolute atomic E-state index is 0.0132. The molecule has 1 aliphatic rings. The van der Waals surface area contributed by atoms with Crippen molar-refractivity contribution in [2.45, 2.75) is 44.4 Å². The number of carbonyl (C=O) groups is 1. The van der Waals surface area contributed by atoms with Crippen molar-refractivity contribution in [3.8, 4) is 5.75 Å². The Hall–Kier alpha value is -2.33. The molecular weight excluding hydrogens is 350 g/mol. The van der Waals surface area contributed by atoms with Crippen LogP contribution in [-0.4, -0.2) is 32.3 Å². The zero-order valence-corrected chi connectivity index (χ0v) is 17.2. The van der Waals surface area contributed by atoms with Crippen LogP contribution in [0.4, 0.5) is 0 Å². The Labute approximate surface area is 168 Å². The lowest BCUT2D eigenvalue weighted by atomic mass is 9.73. The first-order chi connectivity index (χ1) is 13.4. The molecule has 0 radical (unpaired) electrons. The highest BCUT2D eigenvalue weighted by molar-refractivity contribution is 5.88. The van der Waals surface area contributed by atoms with Gasteiger partial charge in [0.15, 0.2) is 0 Å². The maximum absolute atomic E-state index is 13.1. The molecule has 1 saturated heterocycles. The van der Waals surface area contributed by atoms with Gasteiger partial charge in [0.2, 0.25) is 5.91 Å². The summed E-state index contributed by atoms with van der Waals surface area (Å²) in [6, 6.07) is 18.2. The van der Waals surface area contributed by atoms with Gasteiger partial charge >= 0.3 is 0 Å². The van der Waals surface area contributed by atoms with E-state index in [1.165, 1.54) is 5.56 Å². The summed E-state index contributed by atoms with van der Waals surface area (Å²) in [7, 11) is 0. The summed E-state index contributed by atoms with van der Waals surface area (Å²) in [6.07, 6.45) is 1.41. The summed E-state index contributed by atoms with van der Waals surface area (Å²) in [5.41, 5.74) is 1.74. The highest BCUT2D eigenvalue weighted by Crippen LogP contribution is 2.35. The highest BCUT2D eigenvalue weighted by Gasteiger charge is 2.41. The number of para-hydroxylation sites is 1. The molecule has 0 aromatic heterocycles. The standard InChI is InChI=1S/C24H31NO3/c1-23(2,3)20-11-7-8-12-21(20)28-18-15-25-22(26)24(13-16-27-17-14-24)19-9-5-4-6-10-19/h4-12H,13-18H2,1-3H3,(H,25,26). The second-order valence-corrected chi connectivity index (χ2v) is 8.41. The third-order valence-corrected chi connectivity index (χ3v) is 5.45. The Kier molecular flexibility index (Phi) is 6.40. The number of rotatable bonds is 6. The van der Waals surface area contributed by atoms with Gasteiger partial charge in [0, 0.05) is 13.2 Å². The zero-order chi connectivity index (χ0) is 20.0. The molecule has 1 heterocycles. The molecule has 4 heteroatoms. The summed E-state index contributed by atoms with van der Waals surface area (Å²) in [5, 5.41) is 3.10. The molecule has 4 nitrogen and oxygen atoms in total. The lowest BCUT2D eigenvalue weighted by Crippen LogP contribution is -2.48. The van der Waals surface area contributed by atoms with Gasteiger partial charge in [-0.2, -0.15) is 0 Å². The number of benzene rings is 2. The molecule has 0 unspecified atom stereocenters. The second kappa shape index (κ2) is 8.78. The molecule has 3 rings (SSSR count). The first-order valence-corrected chi connectivity index (χ1v) is 10.1. The molecule has 0 spiro atoms. The van der Waals surface area contributed by atoms with Gasteiger partial charge in [-0.05, 0) is 35.4 Å². The molecule has 28 heavy (non-hydrogen) atoms. The number of carbonyl (C=O) groups excluding carboxylic acids is 1. The van der Waals surface area contributed by atoms with Crippen molar-refractivity contribution in [1.29, 1.82) is 0 Å². The molecule has 1 amide bonds. The van der Waals surface area contributed by atoms with Crippen molar-refractivity contribution in [2.24, 2.45) is 0 Å². The summed E-state index contributed by atoms with van der Waals surface area (Å²) in [4.78, 5) is 13.1. The zero-order valence-electron chi connectivity index (χ0n) is 17.2. The number of hydrogen-bond acceptors (Lipinski definition) is 3. The molecule has 0 saturated carbocycles. The van der Waals surface area contributed by atoms with Crippen molar-refractivity contribution in [3.05, 3.63) is 65.7 Å². The molecule has 0 atom stereocenters. The number of hydrogen-bond donors (Lipinski definition) is 1. The van der Waals surface area contributed by atoms with Crippen molar-refractivity contribution in [1.82, 2.24) is 5.32 Å².